The maximum absolute atomic E-state index is 14.0. The lowest BCUT2D eigenvalue weighted by molar-refractivity contribution is -0.0506. The first-order valence-electron chi connectivity index (χ1n) is 7.07. The number of amides is 1. The second kappa shape index (κ2) is 6.45. The topological polar surface area (TPSA) is 56.0 Å². The fourth-order valence-corrected chi connectivity index (χ4v) is 2.42. The van der Waals surface area contributed by atoms with E-state index in [2.05, 4.69) is 4.98 Å². The Labute approximate surface area is 122 Å². The standard InChI is InChI=1S/C13H15F3N2O.C2H6/c1-12(2-4-13(15,16)5-3-12)10-9(14)6-8(7-18-10)11(17)19;1-2/h6-7H,2-5H2,1H3,(H2,17,19);1-2H3. The van der Waals surface area contributed by atoms with Gasteiger partial charge in [-0.1, -0.05) is 20.8 Å². The number of carbonyl (C=O) groups is 1. The summed E-state index contributed by atoms with van der Waals surface area (Å²) in [6.45, 7) is 5.72. The van der Waals surface area contributed by atoms with Gasteiger partial charge in [0.25, 0.3) is 0 Å². The highest BCUT2D eigenvalue weighted by molar-refractivity contribution is 5.92. The monoisotopic (exact) mass is 302 g/mol. The van der Waals surface area contributed by atoms with Gasteiger partial charge in [-0.25, -0.2) is 13.2 Å². The molecule has 1 aromatic rings. The summed E-state index contributed by atoms with van der Waals surface area (Å²) in [4.78, 5) is 14.8. The van der Waals surface area contributed by atoms with Crippen molar-refractivity contribution in [2.45, 2.75) is 57.8 Å². The van der Waals surface area contributed by atoms with E-state index < -0.39 is 23.1 Å². The fourth-order valence-electron chi connectivity index (χ4n) is 2.42. The van der Waals surface area contributed by atoms with E-state index in [9.17, 15) is 18.0 Å². The molecule has 1 heterocycles. The van der Waals surface area contributed by atoms with Gasteiger partial charge in [-0.05, 0) is 18.9 Å². The highest BCUT2D eigenvalue weighted by atomic mass is 19.3. The number of nitrogens with zero attached hydrogens (tertiary/aromatic N) is 1. The van der Waals surface area contributed by atoms with Gasteiger partial charge in [-0.2, -0.15) is 0 Å². The molecule has 1 aliphatic carbocycles. The summed E-state index contributed by atoms with van der Waals surface area (Å²) in [5.41, 5.74) is 4.42. The van der Waals surface area contributed by atoms with Crippen molar-refractivity contribution >= 4 is 5.91 Å². The molecule has 2 rings (SSSR count). The van der Waals surface area contributed by atoms with Crippen LogP contribution in [0.25, 0.3) is 0 Å². The quantitative estimate of drug-likeness (QED) is 0.903. The second-order valence-corrected chi connectivity index (χ2v) is 5.34. The van der Waals surface area contributed by atoms with Crippen molar-refractivity contribution in [3.63, 3.8) is 0 Å². The molecule has 0 unspecified atom stereocenters. The van der Waals surface area contributed by atoms with Crippen LogP contribution in [0.3, 0.4) is 0 Å². The Bertz CT molecular complexity index is 508. The molecule has 3 nitrogen and oxygen atoms in total. The van der Waals surface area contributed by atoms with Crippen LogP contribution in [0.5, 0.6) is 0 Å². The lowest BCUT2D eigenvalue weighted by atomic mass is 9.72. The van der Waals surface area contributed by atoms with E-state index >= 15 is 0 Å². The Hall–Kier alpha value is -1.59. The third-order valence-electron chi connectivity index (χ3n) is 3.78. The summed E-state index contributed by atoms with van der Waals surface area (Å²) in [6, 6.07) is 1.02. The Morgan fingerprint density at radius 3 is 2.19 bits per heavy atom. The van der Waals surface area contributed by atoms with E-state index in [-0.39, 0.29) is 36.9 Å². The van der Waals surface area contributed by atoms with E-state index in [1.54, 1.807) is 6.92 Å². The number of hydrogen-bond acceptors (Lipinski definition) is 2. The van der Waals surface area contributed by atoms with Crippen molar-refractivity contribution < 1.29 is 18.0 Å². The van der Waals surface area contributed by atoms with Crippen LogP contribution in [0.15, 0.2) is 12.3 Å². The Morgan fingerprint density at radius 1 is 1.24 bits per heavy atom. The Kier molecular flexibility index (Phi) is 5.36. The van der Waals surface area contributed by atoms with Crippen LogP contribution in [-0.4, -0.2) is 16.8 Å². The van der Waals surface area contributed by atoms with Gasteiger partial charge in [-0.3, -0.25) is 9.78 Å². The van der Waals surface area contributed by atoms with Crippen LogP contribution in [0.4, 0.5) is 13.2 Å². The number of alkyl halides is 2. The van der Waals surface area contributed by atoms with Crippen LogP contribution in [0.2, 0.25) is 0 Å². The van der Waals surface area contributed by atoms with E-state index in [1.165, 1.54) is 6.20 Å². The summed E-state index contributed by atoms with van der Waals surface area (Å²) in [6.07, 6.45) is 0.975. The van der Waals surface area contributed by atoms with Gasteiger partial charge < -0.3 is 5.73 Å². The van der Waals surface area contributed by atoms with Gasteiger partial charge in [0.2, 0.25) is 11.8 Å². The largest absolute Gasteiger partial charge is 0.366 e. The molecule has 0 bridgehead atoms. The number of aromatic nitrogens is 1. The molecule has 1 amide bonds. The molecule has 21 heavy (non-hydrogen) atoms. The molecule has 2 N–H and O–H groups in total. The molecule has 0 saturated heterocycles. The van der Waals surface area contributed by atoms with Crippen molar-refractivity contribution in [3.8, 4) is 0 Å². The number of hydrogen-bond donors (Lipinski definition) is 1. The van der Waals surface area contributed by atoms with E-state index in [0.717, 1.165) is 6.07 Å². The van der Waals surface area contributed by atoms with Gasteiger partial charge in [0.15, 0.2) is 0 Å². The molecule has 0 spiro atoms. The Balaban J connectivity index is 0.00000106. The normalized spacial score (nSPS) is 19.3. The number of halogens is 3. The van der Waals surface area contributed by atoms with E-state index in [4.69, 9.17) is 5.73 Å². The molecule has 118 valence electrons. The number of primary amides is 1. The molecular formula is C15H21F3N2O. The molecule has 0 atom stereocenters. The summed E-state index contributed by atoms with van der Waals surface area (Å²) < 4.78 is 40.3. The lowest BCUT2D eigenvalue weighted by Crippen LogP contribution is -2.35. The third kappa shape index (κ3) is 3.95. The van der Waals surface area contributed by atoms with Crippen molar-refractivity contribution in [1.29, 1.82) is 0 Å². The number of rotatable bonds is 2. The zero-order chi connectivity index (χ0) is 16.3. The molecule has 0 aromatic carbocycles. The Morgan fingerprint density at radius 2 is 1.76 bits per heavy atom. The average Bonchev–Trinajstić information content (AvgIpc) is 2.44. The first kappa shape index (κ1) is 17.5. The number of nitrogens with two attached hydrogens (primary N) is 1. The zero-order valence-corrected chi connectivity index (χ0v) is 12.5. The minimum Gasteiger partial charge on any atom is -0.366 e. The fraction of sp³-hybridized carbons (Fsp3) is 0.600. The molecule has 1 saturated carbocycles. The lowest BCUT2D eigenvalue weighted by Gasteiger charge is -2.36. The van der Waals surface area contributed by atoms with Crippen molar-refractivity contribution in [2.75, 3.05) is 0 Å². The maximum Gasteiger partial charge on any atom is 0.250 e. The van der Waals surface area contributed by atoms with E-state index in [1.807, 2.05) is 13.8 Å². The minimum atomic E-state index is -2.68. The first-order chi connectivity index (χ1) is 9.73. The summed E-state index contributed by atoms with van der Waals surface area (Å²) in [7, 11) is 0. The van der Waals surface area contributed by atoms with Crippen LogP contribution in [0, 0.1) is 5.82 Å². The second-order valence-electron chi connectivity index (χ2n) is 5.34. The summed E-state index contributed by atoms with van der Waals surface area (Å²) >= 11 is 0. The zero-order valence-electron chi connectivity index (χ0n) is 12.5. The molecule has 1 aromatic heterocycles. The molecular weight excluding hydrogens is 281 g/mol. The van der Waals surface area contributed by atoms with Crippen molar-refractivity contribution in [3.05, 3.63) is 29.3 Å². The van der Waals surface area contributed by atoms with Gasteiger partial charge in [0.05, 0.1) is 11.3 Å². The number of pyridine rings is 1. The first-order valence-corrected chi connectivity index (χ1v) is 7.07. The molecule has 1 aliphatic rings. The smallest absolute Gasteiger partial charge is 0.250 e. The molecule has 6 heteroatoms. The molecule has 1 fully saturated rings. The highest BCUT2D eigenvalue weighted by Crippen LogP contribution is 2.45. The average molecular weight is 302 g/mol. The highest BCUT2D eigenvalue weighted by Gasteiger charge is 2.43. The predicted molar refractivity (Wildman–Crippen MR) is 74.8 cm³/mol. The third-order valence-corrected chi connectivity index (χ3v) is 3.78. The molecule has 0 aliphatic heterocycles. The summed E-state index contributed by atoms with van der Waals surface area (Å²) in [5, 5.41) is 0. The predicted octanol–water partition coefficient (Wildman–Crippen LogP) is 3.81. The van der Waals surface area contributed by atoms with Crippen molar-refractivity contribution in [2.24, 2.45) is 5.73 Å². The van der Waals surface area contributed by atoms with Crippen molar-refractivity contribution in [1.82, 2.24) is 4.98 Å². The van der Waals surface area contributed by atoms with Crippen LogP contribution in [-0.2, 0) is 5.41 Å². The van der Waals surface area contributed by atoms with Crippen LogP contribution < -0.4 is 5.73 Å². The van der Waals surface area contributed by atoms with Crippen LogP contribution >= 0.6 is 0 Å². The van der Waals surface area contributed by atoms with Gasteiger partial charge >= 0.3 is 0 Å². The number of carbonyl (C=O) groups excluding carboxylic acids is 1. The van der Waals surface area contributed by atoms with E-state index in [0.29, 0.717) is 0 Å². The maximum atomic E-state index is 14.0. The van der Waals surface area contributed by atoms with Gasteiger partial charge in [0, 0.05) is 24.5 Å². The van der Waals surface area contributed by atoms with Gasteiger partial charge in [-0.15, -0.1) is 0 Å². The minimum absolute atomic E-state index is 0.0222. The SMILES string of the molecule is CC.CC1(c2ncc(C(N)=O)cc2F)CCC(F)(F)CC1. The molecule has 0 radical (unpaired) electrons. The summed E-state index contributed by atoms with van der Waals surface area (Å²) in [5.74, 6) is -4.11. The van der Waals surface area contributed by atoms with Crippen LogP contribution in [0.1, 0.15) is 62.5 Å². The van der Waals surface area contributed by atoms with Gasteiger partial charge in [0.1, 0.15) is 5.82 Å².